The fraction of sp³-hybridized carbons (Fsp3) is 0.188. The Kier molecular flexibility index (Phi) is 5.60. The van der Waals surface area contributed by atoms with Gasteiger partial charge >= 0.3 is 6.03 Å². The monoisotopic (exact) mass is 304 g/mol. The SMILES string of the molecule is O=C(Nc1cccc(Cl)c1)N[C@H](CCO)c1ccccc1. The molecule has 0 spiro atoms. The number of hydrogen-bond acceptors (Lipinski definition) is 2. The zero-order valence-corrected chi connectivity index (χ0v) is 12.2. The van der Waals surface area contributed by atoms with Gasteiger partial charge in [0, 0.05) is 17.3 Å². The number of hydrogen-bond donors (Lipinski definition) is 3. The summed E-state index contributed by atoms with van der Waals surface area (Å²) in [6.45, 7) is -0.00297. The van der Waals surface area contributed by atoms with Crippen molar-refractivity contribution in [1.29, 1.82) is 0 Å². The lowest BCUT2D eigenvalue weighted by Crippen LogP contribution is -2.33. The van der Waals surface area contributed by atoms with Crippen LogP contribution in [0.25, 0.3) is 0 Å². The van der Waals surface area contributed by atoms with Crippen molar-refractivity contribution in [1.82, 2.24) is 5.32 Å². The van der Waals surface area contributed by atoms with Crippen molar-refractivity contribution in [2.75, 3.05) is 11.9 Å². The summed E-state index contributed by atoms with van der Waals surface area (Å²) in [5.74, 6) is 0. The van der Waals surface area contributed by atoms with Gasteiger partial charge in [-0.2, -0.15) is 0 Å². The largest absolute Gasteiger partial charge is 0.396 e. The quantitative estimate of drug-likeness (QED) is 0.790. The number of carbonyl (C=O) groups is 1. The molecule has 0 aliphatic carbocycles. The first kappa shape index (κ1) is 15.4. The number of anilines is 1. The second kappa shape index (κ2) is 7.67. The summed E-state index contributed by atoms with van der Waals surface area (Å²) < 4.78 is 0. The third kappa shape index (κ3) is 4.77. The Morgan fingerprint density at radius 2 is 1.90 bits per heavy atom. The van der Waals surface area contributed by atoms with Gasteiger partial charge in [0.25, 0.3) is 0 Å². The Morgan fingerprint density at radius 1 is 1.14 bits per heavy atom. The molecule has 0 heterocycles. The fourth-order valence-corrected chi connectivity index (χ4v) is 2.22. The molecular formula is C16H17ClN2O2. The van der Waals surface area contributed by atoms with Gasteiger partial charge in [-0.25, -0.2) is 4.79 Å². The van der Waals surface area contributed by atoms with Crippen LogP contribution >= 0.6 is 11.6 Å². The van der Waals surface area contributed by atoms with E-state index in [-0.39, 0.29) is 18.7 Å². The molecule has 0 aromatic heterocycles. The molecular weight excluding hydrogens is 288 g/mol. The van der Waals surface area contributed by atoms with E-state index in [4.69, 9.17) is 16.7 Å². The van der Waals surface area contributed by atoms with E-state index in [0.29, 0.717) is 17.1 Å². The number of rotatable bonds is 5. The Balaban J connectivity index is 2.02. The molecule has 0 bridgehead atoms. The Bertz CT molecular complexity index is 590. The van der Waals surface area contributed by atoms with Gasteiger partial charge in [0.15, 0.2) is 0 Å². The van der Waals surface area contributed by atoms with E-state index in [1.807, 2.05) is 30.3 Å². The van der Waals surface area contributed by atoms with Crippen molar-refractivity contribution in [3.63, 3.8) is 0 Å². The molecule has 21 heavy (non-hydrogen) atoms. The summed E-state index contributed by atoms with van der Waals surface area (Å²) in [6.07, 6.45) is 0.451. The maximum atomic E-state index is 12.0. The van der Waals surface area contributed by atoms with Crippen molar-refractivity contribution in [2.24, 2.45) is 0 Å². The van der Waals surface area contributed by atoms with Crippen molar-refractivity contribution in [2.45, 2.75) is 12.5 Å². The van der Waals surface area contributed by atoms with Gasteiger partial charge < -0.3 is 15.7 Å². The van der Waals surface area contributed by atoms with Crippen molar-refractivity contribution < 1.29 is 9.90 Å². The molecule has 0 radical (unpaired) electrons. The number of amides is 2. The summed E-state index contributed by atoms with van der Waals surface area (Å²) in [7, 11) is 0. The topological polar surface area (TPSA) is 61.4 Å². The number of aliphatic hydroxyl groups is 1. The van der Waals surface area contributed by atoms with Gasteiger partial charge in [-0.1, -0.05) is 48.0 Å². The van der Waals surface area contributed by atoms with Crippen LogP contribution in [0.3, 0.4) is 0 Å². The van der Waals surface area contributed by atoms with E-state index in [9.17, 15) is 4.79 Å². The molecule has 3 N–H and O–H groups in total. The van der Waals surface area contributed by atoms with Crippen LogP contribution in [0.5, 0.6) is 0 Å². The fourth-order valence-electron chi connectivity index (χ4n) is 2.03. The lowest BCUT2D eigenvalue weighted by Gasteiger charge is -2.18. The maximum absolute atomic E-state index is 12.0. The molecule has 4 nitrogen and oxygen atoms in total. The lowest BCUT2D eigenvalue weighted by atomic mass is 10.0. The first-order chi connectivity index (χ1) is 10.2. The number of halogens is 1. The Labute approximate surface area is 128 Å². The number of urea groups is 1. The number of nitrogens with one attached hydrogen (secondary N) is 2. The van der Waals surface area contributed by atoms with Gasteiger partial charge in [-0.15, -0.1) is 0 Å². The maximum Gasteiger partial charge on any atom is 0.319 e. The van der Waals surface area contributed by atoms with Crippen LogP contribution in [-0.2, 0) is 0 Å². The van der Waals surface area contributed by atoms with Gasteiger partial charge in [0.1, 0.15) is 0 Å². The summed E-state index contributed by atoms with van der Waals surface area (Å²) in [5, 5.41) is 15.3. The predicted octanol–water partition coefficient (Wildman–Crippen LogP) is 3.59. The summed E-state index contributed by atoms with van der Waals surface area (Å²) >= 11 is 5.87. The first-order valence-electron chi connectivity index (χ1n) is 6.68. The molecule has 0 aliphatic rings. The molecule has 110 valence electrons. The minimum Gasteiger partial charge on any atom is -0.396 e. The van der Waals surface area contributed by atoms with Crippen LogP contribution in [0.1, 0.15) is 18.0 Å². The van der Waals surface area contributed by atoms with Crippen molar-refractivity contribution >= 4 is 23.3 Å². The van der Waals surface area contributed by atoms with Crippen LogP contribution in [0, 0.1) is 0 Å². The molecule has 0 fully saturated rings. The smallest absolute Gasteiger partial charge is 0.319 e. The molecule has 2 aromatic rings. The highest BCUT2D eigenvalue weighted by molar-refractivity contribution is 6.30. The van der Waals surface area contributed by atoms with Gasteiger partial charge in [-0.05, 0) is 30.2 Å². The second-order valence-electron chi connectivity index (χ2n) is 4.58. The molecule has 5 heteroatoms. The van der Waals surface area contributed by atoms with E-state index in [1.54, 1.807) is 24.3 Å². The summed E-state index contributed by atoms with van der Waals surface area (Å²) in [5.41, 5.74) is 1.57. The van der Waals surface area contributed by atoms with E-state index >= 15 is 0 Å². The highest BCUT2D eigenvalue weighted by atomic mass is 35.5. The minimum atomic E-state index is -0.334. The van der Waals surface area contributed by atoms with E-state index < -0.39 is 0 Å². The second-order valence-corrected chi connectivity index (χ2v) is 5.02. The Morgan fingerprint density at radius 3 is 2.57 bits per heavy atom. The predicted molar refractivity (Wildman–Crippen MR) is 84.5 cm³/mol. The molecule has 0 unspecified atom stereocenters. The van der Waals surface area contributed by atoms with Crippen LogP contribution in [0.2, 0.25) is 5.02 Å². The molecule has 0 saturated carbocycles. The lowest BCUT2D eigenvalue weighted by molar-refractivity contribution is 0.239. The van der Waals surface area contributed by atoms with Crippen LogP contribution in [-0.4, -0.2) is 17.7 Å². The third-order valence-corrected chi connectivity index (χ3v) is 3.24. The first-order valence-corrected chi connectivity index (χ1v) is 7.05. The van der Waals surface area contributed by atoms with Crippen LogP contribution < -0.4 is 10.6 Å². The standard InChI is InChI=1S/C16H17ClN2O2/c17-13-7-4-8-14(11-13)18-16(21)19-15(9-10-20)12-5-2-1-3-6-12/h1-8,11,15,20H,9-10H2,(H2,18,19,21)/t15-/m1/s1. The normalized spacial score (nSPS) is 11.7. The summed E-state index contributed by atoms with van der Waals surface area (Å²) in [4.78, 5) is 12.0. The average molecular weight is 305 g/mol. The molecule has 0 saturated heterocycles. The van der Waals surface area contributed by atoms with Crippen LogP contribution in [0.4, 0.5) is 10.5 Å². The molecule has 2 rings (SSSR count). The van der Waals surface area contributed by atoms with Crippen molar-refractivity contribution in [3.05, 3.63) is 65.2 Å². The molecule has 0 aliphatic heterocycles. The molecule has 1 atom stereocenters. The third-order valence-electron chi connectivity index (χ3n) is 3.01. The zero-order valence-electron chi connectivity index (χ0n) is 11.4. The van der Waals surface area contributed by atoms with E-state index in [1.165, 1.54) is 0 Å². The number of carbonyl (C=O) groups excluding carboxylic acids is 1. The van der Waals surface area contributed by atoms with Crippen LogP contribution in [0.15, 0.2) is 54.6 Å². The van der Waals surface area contributed by atoms with Gasteiger partial charge in [0.05, 0.1) is 6.04 Å². The number of aliphatic hydroxyl groups excluding tert-OH is 1. The summed E-state index contributed by atoms with van der Waals surface area (Å²) in [6, 6.07) is 15.9. The molecule has 2 amide bonds. The average Bonchev–Trinajstić information content (AvgIpc) is 2.47. The highest BCUT2D eigenvalue weighted by Crippen LogP contribution is 2.18. The molecule has 2 aromatic carbocycles. The van der Waals surface area contributed by atoms with E-state index in [2.05, 4.69) is 10.6 Å². The van der Waals surface area contributed by atoms with E-state index in [0.717, 1.165) is 5.56 Å². The zero-order chi connectivity index (χ0) is 15.1. The van der Waals surface area contributed by atoms with Crippen molar-refractivity contribution in [3.8, 4) is 0 Å². The number of benzene rings is 2. The van der Waals surface area contributed by atoms with Gasteiger partial charge in [-0.3, -0.25) is 0 Å². The van der Waals surface area contributed by atoms with Gasteiger partial charge in [0.2, 0.25) is 0 Å². The highest BCUT2D eigenvalue weighted by Gasteiger charge is 2.13. The Hall–Kier alpha value is -2.04. The minimum absolute atomic E-state index is 0.00297.